The number of halogens is 1. The van der Waals surface area contributed by atoms with Crippen LogP contribution in [-0.2, 0) is 11.3 Å². The second kappa shape index (κ2) is 10.6. The first-order chi connectivity index (χ1) is 8.77. The monoisotopic (exact) mass is 288 g/mol. The number of carbonyl (C=O) groups excluding carboxylic acids is 1. The highest BCUT2D eigenvalue weighted by Gasteiger charge is 2.05. The van der Waals surface area contributed by atoms with Crippen molar-refractivity contribution in [1.82, 2.24) is 10.6 Å². The zero-order chi connectivity index (χ0) is 13.2. The minimum atomic E-state index is -0.0249. The van der Waals surface area contributed by atoms with Crippen LogP contribution in [0.5, 0.6) is 5.75 Å². The molecule has 0 heterocycles. The Bertz CT molecular complexity index is 375. The molecule has 0 aliphatic heterocycles. The van der Waals surface area contributed by atoms with Gasteiger partial charge in [0.2, 0.25) is 5.91 Å². The van der Waals surface area contributed by atoms with E-state index in [2.05, 4.69) is 10.6 Å². The molecule has 5 nitrogen and oxygen atoms in total. The smallest absolute Gasteiger partial charge is 0.221 e. The van der Waals surface area contributed by atoms with Crippen molar-refractivity contribution in [2.24, 2.45) is 0 Å². The molecular weight excluding hydrogens is 268 g/mol. The van der Waals surface area contributed by atoms with Crippen molar-refractivity contribution in [2.75, 3.05) is 26.8 Å². The molecule has 0 spiro atoms. The summed E-state index contributed by atoms with van der Waals surface area (Å²) >= 11 is 0. The standard InChI is InChI=1S/C13H20N2O3.ClH/c1-14-7-6-13(17)15-10-11-4-2-3-5-12(11)18-9-8-16;/h2-5,14,16H,6-10H2,1H3,(H,15,17);1H. The van der Waals surface area contributed by atoms with Gasteiger partial charge in [0.1, 0.15) is 12.4 Å². The van der Waals surface area contributed by atoms with E-state index in [1.807, 2.05) is 31.3 Å². The summed E-state index contributed by atoms with van der Waals surface area (Å²) in [5, 5.41) is 14.5. The van der Waals surface area contributed by atoms with Crippen LogP contribution in [0.25, 0.3) is 0 Å². The van der Waals surface area contributed by atoms with Crippen molar-refractivity contribution in [2.45, 2.75) is 13.0 Å². The Labute approximate surface area is 119 Å². The average molecular weight is 289 g/mol. The van der Waals surface area contributed by atoms with Gasteiger partial charge in [-0.25, -0.2) is 0 Å². The Hall–Kier alpha value is -1.30. The van der Waals surface area contributed by atoms with Crippen LogP contribution in [0.3, 0.4) is 0 Å². The number of aliphatic hydroxyl groups excluding tert-OH is 1. The summed E-state index contributed by atoms with van der Waals surface area (Å²) in [4.78, 5) is 11.5. The van der Waals surface area contributed by atoms with Crippen molar-refractivity contribution in [3.63, 3.8) is 0 Å². The summed E-state index contributed by atoms with van der Waals surface area (Å²) in [5.74, 6) is 0.696. The molecule has 108 valence electrons. The highest BCUT2D eigenvalue weighted by molar-refractivity contribution is 5.85. The molecule has 3 N–H and O–H groups in total. The lowest BCUT2D eigenvalue weighted by Crippen LogP contribution is -2.26. The lowest BCUT2D eigenvalue weighted by atomic mass is 10.2. The molecule has 0 aromatic heterocycles. The third-order valence-electron chi connectivity index (χ3n) is 2.40. The molecule has 1 rings (SSSR count). The molecule has 1 aromatic rings. The molecule has 0 aliphatic rings. The second-order valence-corrected chi connectivity index (χ2v) is 3.81. The van der Waals surface area contributed by atoms with Crippen LogP contribution in [0.2, 0.25) is 0 Å². The van der Waals surface area contributed by atoms with Gasteiger partial charge in [0.25, 0.3) is 0 Å². The van der Waals surface area contributed by atoms with E-state index in [1.165, 1.54) is 0 Å². The number of rotatable bonds is 8. The van der Waals surface area contributed by atoms with Crippen LogP contribution in [0, 0.1) is 0 Å². The van der Waals surface area contributed by atoms with E-state index in [0.29, 0.717) is 25.3 Å². The minimum Gasteiger partial charge on any atom is -0.491 e. The Kier molecular flexibility index (Phi) is 9.88. The minimum absolute atomic E-state index is 0. The molecule has 0 saturated heterocycles. The van der Waals surface area contributed by atoms with Gasteiger partial charge in [-0.3, -0.25) is 4.79 Å². The van der Waals surface area contributed by atoms with Gasteiger partial charge in [-0.05, 0) is 13.1 Å². The van der Waals surface area contributed by atoms with Gasteiger partial charge in [0, 0.05) is 25.1 Å². The van der Waals surface area contributed by atoms with E-state index in [9.17, 15) is 4.79 Å². The Morgan fingerprint density at radius 1 is 1.37 bits per heavy atom. The van der Waals surface area contributed by atoms with Crippen molar-refractivity contribution in [3.8, 4) is 5.75 Å². The number of nitrogens with one attached hydrogen (secondary N) is 2. The number of aliphatic hydroxyl groups is 1. The van der Waals surface area contributed by atoms with Crippen LogP contribution in [0.15, 0.2) is 24.3 Å². The van der Waals surface area contributed by atoms with Crippen LogP contribution in [-0.4, -0.2) is 37.8 Å². The maximum atomic E-state index is 11.5. The van der Waals surface area contributed by atoms with E-state index < -0.39 is 0 Å². The highest BCUT2D eigenvalue weighted by Crippen LogP contribution is 2.17. The van der Waals surface area contributed by atoms with Crippen molar-refractivity contribution >= 4 is 18.3 Å². The Balaban J connectivity index is 0.00000324. The zero-order valence-corrected chi connectivity index (χ0v) is 11.8. The molecule has 0 unspecified atom stereocenters. The fourth-order valence-electron chi connectivity index (χ4n) is 1.47. The van der Waals surface area contributed by atoms with Crippen LogP contribution >= 0.6 is 12.4 Å². The van der Waals surface area contributed by atoms with E-state index in [4.69, 9.17) is 9.84 Å². The first-order valence-corrected chi connectivity index (χ1v) is 6.00. The quantitative estimate of drug-likeness (QED) is 0.659. The fraction of sp³-hybridized carbons (Fsp3) is 0.462. The predicted octanol–water partition coefficient (Wildman–Crippen LogP) is 0.705. The molecule has 1 amide bonds. The molecule has 0 aliphatic carbocycles. The normalized spacial score (nSPS) is 9.58. The molecule has 0 radical (unpaired) electrons. The maximum Gasteiger partial charge on any atom is 0.221 e. The van der Waals surface area contributed by atoms with Gasteiger partial charge in [-0.15, -0.1) is 12.4 Å². The van der Waals surface area contributed by atoms with E-state index in [-0.39, 0.29) is 31.5 Å². The van der Waals surface area contributed by atoms with Crippen molar-refractivity contribution < 1.29 is 14.6 Å². The molecule has 19 heavy (non-hydrogen) atoms. The lowest BCUT2D eigenvalue weighted by Gasteiger charge is -2.11. The second-order valence-electron chi connectivity index (χ2n) is 3.81. The maximum absolute atomic E-state index is 11.5. The number of para-hydroxylation sites is 1. The first-order valence-electron chi connectivity index (χ1n) is 6.00. The SMILES string of the molecule is CNCCC(=O)NCc1ccccc1OCCO.Cl. The zero-order valence-electron chi connectivity index (χ0n) is 11.0. The predicted molar refractivity (Wildman–Crippen MR) is 76.7 cm³/mol. The Morgan fingerprint density at radius 3 is 2.79 bits per heavy atom. The number of ether oxygens (including phenoxy) is 1. The summed E-state index contributed by atoms with van der Waals surface area (Å²) < 4.78 is 5.39. The van der Waals surface area contributed by atoms with Crippen LogP contribution in [0.1, 0.15) is 12.0 Å². The average Bonchev–Trinajstić information content (AvgIpc) is 2.41. The van der Waals surface area contributed by atoms with Gasteiger partial charge >= 0.3 is 0 Å². The summed E-state index contributed by atoms with van der Waals surface area (Å²) in [6.07, 6.45) is 0.455. The summed E-state index contributed by atoms with van der Waals surface area (Å²) in [7, 11) is 1.81. The molecule has 0 atom stereocenters. The molecule has 0 fully saturated rings. The van der Waals surface area contributed by atoms with Crippen molar-refractivity contribution in [1.29, 1.82) is 0 Å². The summed E-state index contributed by atoms with van der Waals surface area (Å²) in [5.41, 5.74) is 0.906. The van der Waals surface area contributed by atoms with E-state index in [0.717, 1.165) is 5.56 Å². The van der Waals surface area contributed by atoms with E-state index in [1.54, 1.807) is 0 Å². The third kappa shape index (κ3) is 7.00. The van der Waals surface area contributed by atoms with Crippen LogP contribution < -0.4 is 15.4 Å². The van der Waals surface area contributed by atoms with E-state index >= 15 is 0 Å². The van der Waals surface area contributed by atoms with Gasteiger partial charge in [-0.2, -0.15) is 0 Å². The number of hydrogen-bond donors (Lipinski definition) is 3. The number of hydrogen-bond acceptors (Lipinski definition) is 4. The first kappa shape index (κ1) is 17.7. The highest BCUT2D eigenvalue weighted by atomic mass is 35.5. The number of amides is 1. The molecular formula is C13H21ClN2O3. The number of benzene rings is 1. The summed E-state index contributed by atoms with van der Waals surface area (Å²) in [6.45, 7) is 1.33. The molecule has 0 bridgehead atoms. The van der Waals surface area contributed by atoms with Gasteiger partial charge in [0.15, 0.2) is 0 Å². The Morgan fingerprint density at radius 2 is 2.11 bits per heavy atom. The molecule has 6 heteroatoms. The van der Waals surface area contributed by atoms with Gasteiger partial charge in [-0.1, -0.05) is 18.2 Å². The molecule has 0 saturated carbocycles. The van der Waals surface area contributed by atoms with Gasteiger partial charge < -0.3 is 20.5 Å². The van der Waals surface area contributed by atoms with Crippen LogP contribution in [0.4, 0.5) is 0 Å². The lowest BCUT2D eigenvalue weighted by molar-refractivity contribution is -0.121. The number of carbonyl (C=O) groups is 1. The topological polar surface area (TPSA) is 70.6 Å². The molecule has 1 aromatic carbocycles. The third-order valence-corrected chi connectivity index (χ3v) is 2.40. The fourth-order valence-corrected chi connectivity index (χ4v) is 1.47. The van der Waals surface area contributed by atoms with Gasteiger partial charge in [0.05, 0.1) is 6.61 Å². The van der Waals surface area contributed by atoms with Crippen molar-refractivity contribution in [3.05, 3.63) is 29.8 Å². The largest absolute Gasteiger partial charge is 0.491 e. The summed E-state index contributed by atoms with van der Waals surface area (Å²) in [6, 6.07) is 7.47.